The van der Waals surface area contributed by atoms with Crippen LogP contribution in [0.15, 0.2) is 16.6 Å². The van der Waals surface area contributed by atoms with Gasteiger partial charge in [-0.05, 0) is 35.0 Å². The average Bonchev–Trinajstić information content (AvgIpc) is 2.22. The van der Waals surface area contributed by atoms with Crippen LogP contribution in [-0.2, 0) is 9.53 Å². The van der Waals surface area contributed by atoms with Gasteiger partial charge in [-0.2, -0.15) is 0 Å². The van der Waals surface area contributed by atoms with Crippen molar-refractivity contribution in [3.05, 3.63) is 28.0 Å². The van der Waals surface area contributed by atoms with Crippen molar-refractivity contribution in [3.63, 3.8) is 0 Å². The minimum Gasteiger partial charge on any atom is -0.506 e. The lowest BCUT2D eigenvalue weighted by molar-refractivity contribution is -0.153. The van der Waals surface area contributed by atoms with Gasteiger partial charge in [-0.1, -0.05) is 0 Å². The third-order valence-corrected chi connectivity index (χ3v) is 2.47. The second kappa shape index (κ2) is 5.27. The lowest BCUT2D eigenvalue weighted by atomic mass is 10.1. The van der Waals surface area contributed by atoms with Crippen LogP contribution in [-0.4, -0.2) is 22.8 Å². The molecule has 4 nitrogen and oxygen atoms in total. The number of benzene rings is 1. The van der Waals surface area contributed by atoms with Crippen LogP contribution in [0.4, 0.5) is 4.39 Å². The summed E-state index contributed by atoms with van der Waals surface area (Å²) in [6.07, 6.45) is -1.70. The van der Waals surface area contributed by atoms with E-state index in [2.05, 4.69) is 20.7 Å². The Balaban J connectivity index is 3.08. The molecule has 0 aromatic heterocycles. The standard InChI is InChI=1S/C10H10BrFO4/c1-2-16-10(15)9(14)6-3-5(12)4-7(11)8(6)13/h3-4,9,13-14H,2H2,1H3. The molecule has 0 spiro atoms. The molecule has 1 atom stereocenters. The number of carbonyl (C=O) groups excluding carboxylic acids is 1. The fourth-order valence-corrected chi connectivity index (χ4v) is 1.59. The van der Waals surface area contributed by atoms with Crippen molar-refractivity contribution in [3.8, 4) is 5.75 Å². The monoisotopic (exact) mass is 292 g/mol. The van der Waals surface area contributed by atoms with Gasteiger partial charge in [0.25, 0.3) is 0 Å². The van der Waals surface area contributed by atoms with Crippen LogP contribution in [0.3, 0.4) is 0 Å². The summed E-state index contributed by atoms with van der Waals surface area (Å²) in [5, 5.41) is 19.1. The number of hydrogen-bond acceptors (Lipinski definition) is 4. The van der Waals surface area contributed by atoms with Gasteiger partial charge in [0.15, 0.2) is 6.10 Å². The maximum absolute atomic E-state index is 13.0. The van der Waals surface area contributed by atoms with Crippen LogP contribution in [0.1, 0.15) is 18.6 Å². The molecule has 88 valence electrons. The molecule has 0 aliphatic rings. The molecular weight excluding hydrogens is 283 g/mol. The first kappa shape index (κ1) is 12.9. The Labute approximate surface area is 99.8 Å². The Hall–Kier alpha value is -1.14. The molecule has 0 saturated heterocycles. The molecule has 0 amide bonds. The number of aliphatic hydroxyl groups is 1. The van der Waals surface area contributed by atoms with E-state index < -0.39 is 17.9 Å². The summed E-state index contributed by atoms with van der Waals surface area (Å²) in [5.41, 5.74) is -0.231. The first-order valence-corrected chi connectivity index (χ1v) is 5.29. The molecule has 0 radical (unpaired) electrons. The number of rotatable bonds is 3. The molecule has 0 bridgehead atoms. The normalized spacial score (nSPS) is 12.2. The molecule has 0 saturated carbocycles. The van der Waals surface area contributed by atoms with Gasteiger partial charge in [0.2, 0.25) is 0 Å². The summed E-state index contributed by atoms with van der Waals surface area (Å²) < 4.78 is 17.6. The summed E-state index contributed by atoms with van der Waals surface area (Å²) in [5.74, 6) is -2.00. The van der Waals surface area contributed by atoms with Crippen LogP contribution in [0, 0.1) is 5.82 Å². The Morgan fingerprint density at radius 3 is 2.81 bits per heavy atom. The van der Waals surface area contributed by atoms with Gasteiger partial charge in [0, 0.05) is 5.56 Å². The molecule has 6 heteroatoms. The summed E-state index contributed by atoms with van der Waals surface area (Å²) >= 11 is 2.90. The van der Waals surface area contributed by atoms with Crippen LogP contribution >= 0.6 is 15.9 Å². The van der Waals surface area contributed by atoms with E-state index in [9.17, 15) is 19.4 Å². The Morgan fingerprint density at radius 1 is 1.62 bits per heavy atom. The van der Waals surface area contributed by atoms with Crippen LogP contribution in [0.5, 0.6) is 5.75 Å². The van der Waals surface area contributed by atoms with Gasteiger partial charge in [-0.3, -0.25) is 0 Å². The zero-order valence-electron chi connectivity index (χ0n) is 8.41. The van der Waals surface area contributed by atoms with Crippen molar-refractivity contribution in [1.82, 2.24) is 0 Å². The van der Waals surface area contributed by atoms with Crippen LogP contribution in [0.2, 0.25) is 0 Å². The van der Waals surface area contributed by atoms with E-state index in [1.807, 2.05) is 0 Å². The maximum atomic E-state index is 13.0. The molecule has 1 rings (SSSR count). The number of aliphatic hydroxyl groups excluding tert-OH is 1. The van der Waals surface area contributed by atoms with Gasteiger partial charge < -0.3 is 14.9 Å². The Morgan fingerprint density at radius 2 is 2.25 bits per heavy atom. The van der Waals surface area contributed by atoms with Gasteiger partial charge in [0.1, 0.15) is 11.6 Å². The molecule has 0 fully saturated rings. The molecular formula is C10H10BrFO4. The van der Waals surface area contributed by atoms with E-state index in [1.165, 1.54) is 0 Å². The Kier molecular flexibility index (Phi) is 4.26. The highest BCUT2D eigenvalue weighted by Gasteiger charge is 2.23. The van der Waals surface area contributed by atoms with E-state index in [1.54, 1.807) is 6.92 Å². The molecule has 16 heavy (non-hydrogen) atoms. The topological polar surface area (TPSA) is 66.8 Å². The lowest BCUT2D eigenvalue weighted by Gasteiger charge is -2.12. The van der Waals surface area contributed by atoms with Gasteiger partial charge in [0.05, 0.1) is 11.1 Å². The highest BCUT2D eigenvalue weighted by Crippen LogP contribution is 2.33. The molecule has 0 aliphatic carbocycles. The number of aromatic hydroxyl groups is 1. The van der Waals surface area contributed by atoms with Crippen molar-refractivity contribution < 1.29 is 24.1 Å². The molecule has 0 heterocycles. The second-order valence-electron chi connectivity index (χ2n) is 2.98. The van der Waals surface area contributed by atoms with E-state index in [0.29, 0.717) is 0 Å². The Bertz CT molecular complexity index is 408. The number of phenolic OH excluding ortho intramolecular Hbond substituents is 1. The lowest BCUT2D eigenvalue weighted by Crippen LogP contribution is -2.15. The minimum absolute atomic E-state index is 0.0610. The number of ether oxygens (including phenoxy) is 1. The van der Waals surface area contributed by atoms with E-state index >= 15 is 0 Å². The smallest absolute Gasteiger partial charge is 0.339 e. The molecule has 1 unspecified atom stereocenters. The third kappa shape index (κ3) is 2.70. The average molecular weight is 293 g/mol. The second-order valence-corrected chi connectivity index (χ2v) is 3.83. The molecule has 1 aromatic rings. The number of halogens is 2. The summed E-state index contributed by atoms with van der Waals surface area (Å²) in [6, 6.07) is 1.90. The van der Waals surface area contributed by atoms with E-state index in [0.717, 1.165) is 12.1 Å². The quantitative estimate of drug-likeness (QED) is 0.835. The zero-order valence-corrected chi connectivity index (χ0v) is 9.99. The van der Waals surface area contributed by atoms with Crippen molar-refractivity contribution >= 4 is 21.9 Å². The predicted molar refractivity (Wildman–Crippen MR) is 57.4 cm³/mol. The zero-order chi connectivity index (χ0) is 12.3. The van der Waals surface area contributed by atoms with Crippen molar-refractivity contribution in [2.45, 2.75) is 13.0 Å². The maximum Gasteiger partial charge on any atom is 0.339 e. The predicted octanol–water partition coefficient (Wildman–Crippen LogP) is 1.89. The highest BCUT2D eigenvalue weighted by molar-refractivity contribution is 9.10. The van der Waals surface area contributed by atoms with Gasteiger partial charge in [-0.25, -0.2) is 9.18 Å². The molecule has 1 aromatic carbocycles. The number of esters is 1. The highest BCUT2D eigenvalue weighted by atomic mass is 79.9. The van der Waals surface area contributed by atoms with Crippen LogP contribution in [0.25, 0.3) is 0 Å². The number of phenols is 1. The van der Waals surface area contributed by atoms with Crippen molar-refractivity contribution in [1.29, 1.82) is 0 Å². The van der Waals surface area contributed by atoms with Gasteiger partial charge in [-0.15, -0.1) is 0 Å². The van der Waals surface area contributed by atoms with Crippen molar-refractivity contribution in [2.75, 3.05) is 6.61 Å². The number of hydrogen-bond donors (Lipinski definition) is 2. The SMILES string of the molecule is CCOC(=O)C(O)c1cc(F)cc(Br)c1O. The van der Waals surface area contributed by atoms with Gasteiger partial charge >= 0.3 is 5.97 Å². The van der Waals surface area contributed by atoms with E-state index in [4.69, 9.17) is 0 Å². The summed E-state index contributed by atoms with van der Waals surface area (Å²) in [4.78, 5) is 11.2. The molecule has 2 N–H and O–H groups in total. The summed E-state index contributed by atoms with van der Waals surface area (Å²) in [7, 11) is 0. The van der Waals surface area contributed by atoms with Crippen molar-refractivity contribution in [2.24, 2.45) is 0 Å². The minimum atomic E-state index is -1.70. The first-order valence-electron chi connectivity index (χ1n) is 4.50. The largest absolute Gasteiger partial charge is 0.506 e. The molecule has 0 aliphatic heterocycles. The van der Waals surface area contributed by atoms with Crippen LogP contribution < -0.4 is 0 Å². The number of carbonyl (C=O) groups is 1. The third-order valence-electron chi connectivity index (χ3n) is 1.86. The summed E-state index contributed by atoms with van der Waals surface area (Å²) in [6.45, 7) is 1.67. The first-order chi connectivity index (χ1) is 7.47. The van der Waals surface area contributed by atoms with E-state index in [-0.39, 0.29) is 22.4 Å². The fraction of sp³-hybridized carbons (Fsp3) is 0.300. The fourth-order valence-electron chi connectivity index (χ4n) is 1.14.